The molecule has 1 aliphatic rings. The van der Waals surface area contributed by atoms with Gasteiger partial charge < -0.3 is 15.4 Å². The van der Waals surface area contributed by atoms with E-state index in [1.54, 1.807) is 6.20 Å². The van der Waals surface area contributed by atoms with Gasteiger partial charge >= 0.3 is 0 Å². The van der Waals surface area contributed by atoms with E-state index in [2.05, 4.69) is 25.5 Å². The molecule has 0 radical (unpaired) electrons. The molecule has 0 unspecified atom stereocenters. The lowest BCUT2D eigenvalue weighted by atomic mass is 10.1. The first kappa shape index (κ1) is 19.5. The van der Waals surface area contributed by atoms with Gasteiger partial charge in [0.25, 0.3) is 5.91 Å². The first-order chi connectivity index (χ1) is 13.2. The maximum Gasteiger partial charge on any atom is 0.271 e. The summed E-state index contributed by atoms with van der Waals surface area (Å²) in [5, 5.41) is 6.79. The Morgan fingerprint density at radius 3 is 2.59 bits per heavy atom. The van der Waals surface area contributed by atoms with Crippen molar-refractivity contribution < 1.29 is 9.53 Å². The number of amides is 1. The third-order valence-electron chi connectivity index (χ3n) is 4.33. The Labute approximate surface area is 164 Å². The molecule has 0 spiro atoms. The zero-order chi connectivity index (χ0) is 18.9. The average molecular weight is 390 g/mol. The van der Waals surface area contributed by atoms with Gasteiger partial charge in [-0.3, -0.25) is 9.69 Å². The number of nitrogens with one attached hydrogen (secondary N) is 2. The summed E-state index contributed by atoms with van der Waals surface area (Å²) in [4.78, 5) is 22.9. The minimum absolute atomic E-state index is 0.226. The summed E-state index contributed by atoms with van der Waals surface area (Å²) < 4.78 is 5.33. The fourth-order valence-electron chi connectivity index (χ4n) is 2.77. The second-order valence-electron chi connectivity index (χ2n) is 6.30. The van der Waals surface area contributed by atoms with Crippen LogP contribution in [0.1, 0.15) is 16.1 Å². The largest absolute Gasteiger partial charge is 0.379 e. The van der Waals surface area contributed by atoms with Crippen molar-refractivity contribution in [2.24, 2.45) is 0 Å². The molecule has 1 saturated heterocycles. The van der Waals surface area contributed by atoms with E-state index in [4.69, 9.17) is 16.3 Å². The lowest BCUT2D eigenvalue weighted by Gasteiger charge is -2.26. The number of anilines is 1. The van der Waals surface area contributed by atoms with Crippen molar-refractivity contribution in [2.75, 3.05) is 51.3 Å². The van der Waals surface area contributed by atoms with E-state index >= 15 is 0 Å². The van der Waals surface area contributed by atoms with Gasteiger partial charge in [0.05, 0.1) is 25.6 Å². The first-order valence-electron chi connectivity index (χ1n) is 9.09. The van der Waals surface area contributed by atoms with E-state index in [-0.39, 0.29) is 5.91 Å². The second kappa shape index (κ2) is 10.2. The Morgan fingerprint density at radius 2 is 1.89 bits per heavy atom. The molecule has 1 fully saturated rings. The summed E-state index contributed by atoms with van der Waals surface area (Å²) >= 11 is 5.86. The Bertz CT molecular complexity index is 718. The molecule has 2 aromatic rings. The number of carbonyl (C=O) groups excluding carboxylic acids is 1. The Hall–Kier alpha value is -2.22. The fourth-order valence-corrected chi connectivity index (χ4v) is 2.89. The summed E-state index contributed by atoms with van der Waals surface area (Å²) in [6, 6.07) is 7.58. The highest BCUT2D eigenvalue weighted by Crippen LogP contribution is 2.09. The van der Waals surface area contributed by atoms with Crippen LogP contribution in [-0.4, -0.2) is 66.7 Å². The molecule has 8 heteroatoms. The monoisotopic (exact) mass is 389 g/mol. The van der Waals surface area contributed by atoms with Crippen LogP contribution in [0.5, 0.6) is 0 Å². The average Bonchev–Trinajstić information content (AvgIpc) is 2.71. The fraction of sp³-hybridized carbons (Fsp3) is 0.421. The van der Waals surface area contributed by atoms with Crippen molar-refractivity contribution in [1.29, 1.82) is 0 Å². The van der Waals surface area contributed by atoms with E-state index in [1.165, 1.54) is 6.20 Å². The summed E-state index contributed by atoms with van der Waals surface area (Å²) in [6.45, 7) is 5.75. The van der Waals surface area contributed by atoms with Crippen molar-refractivity contribution in [3.63, 3.8) is 0 Å². The minimum Gasteiger partial charge on any atom is -0.379 e. The zero-order valence-electron chi connectivity index (χ0n) is 15.2. The van der Waals surface area contributed by atoms with Crippen LogP contribution in [0.4, 0.5) is 5.82 Å². The summed E-state index contributed by atoms with van der Waals surface area (Å²) in [5.41, 5.74) is 1.43. The Balaban J connectivity index is 1.38. The highest BCUT2D eigenvalue weighted by molar-refractivity contribution is 6.30. The third kappa shape index (κ3) is 6.46. The molecule has 1 aromatic heterocycles. The number of hydrogen-bond donors (Lipinski definition) is 2. The zero-order valence-corrected chi connectivity index (χ0v) is 15.9. The predicted molar refractivity (Wildman–Crippen MR) is 105 cm³/mol. The first-order valence-corrected chi connectivity index (χ1v) is 9.47. The van der Waals surface area contributed by atoms with Crippen LogP contribution in [0.3, 0.4) is 0 Å². The van der Waals surface area contributed by atoms with Gasteiger partial charge in [-0.1, -0.05) is 23.7 Å². The number of benzene rings is 1. The van der Waals surface area contributed by atoms with Crippen LogP contribution in [0.25, 0.3) is 0 Å². The van der Waals surface area contributed by atoms with Gasteiger partial charge in [-0.05, 0) is 24.1 Å². The number of nitrogens with zero attached hydrogens (tertiary/aromatic N) is 3. The van der Waals surface area contributed by atoms with Crippen molar-refractivity contribution >= 4 is 23.3 Å². The molecule has 0 bridgehead atoms. The molecular formula is C19H24ClN5O2. The quantitative estimate of drug-likeness (QED) is 0.717. The van der Waals surface area contributed by atoms with Crippen LogP contribution < -0.4 is 10.6 Å². The summed E-state index contributed by atoms with van der Waals surface area (Å²) in [6.07, 6.45) is 3.82. The van der Waals surface area contributed by atoms with Gasteiger partial charge in [0.15, 0.2) is 0 Å². The SMILES string of the molecule is O=C(NCCc1ccc(Cl)cc1)c1cnc(NCCN2CCOCC2)cn1. The van der Waals surface area contributed by atoms with Crippen molar-refractivity contribution in [2.45, 2.75) is 6.42 Å². The van der Waals surface area contributed by atoms with Gasteiger partial charge in [-0.2, -0.15) is 0 Å². The summed E-state index contributed by atoms with van der Waals surface area (Å²) in [7, 11) is 0. The van der Waals surface area contributed by atoms with Crippen LogP contribution in [0, 0.1) is 0 Å². The van der Waals surface area contributed by atoms with Crippen LogP contribution in [0.2, 0.25) is 5.02 Å². The van der Waals surface area contributed by atoms with Gasteiger partial charge in [-0.15, -0.1) is 0 Å². The molecule has 27 heavy (non-hydrogen) atoms. The van der Waals surface area contributed by atoms with Gasteiger partial charge in [0, 0.05) is 37.7 Å². The standard InChI is InChI=1S/C19H24ClN5O2/c20-16-3-1-15(2-4-16)5-6-22-19(26)17-13-24-18(14-23-17)21-7-8-25-9-11-27-12-10-25/h1-4,13-14H,5-12H2,(H,21,24)(H,22,26). The van der Waals surface area contributed by atoms with Crippen LogP contribution in [-0.2, 0) is 11.2 Å². The van der Waals surface area contributed by atoms with Crippen molar-refractivity contribution in [1.82, 2.24) is 20.2 Å². The highest BCUT2D eigenvalue weighted by atomic mass is 35.5. The van der Waals surface area contributed by atoms with Gasteiger partial charge in [0.2, 0.25) is 0 Å². The normalized spacial score (nSPS) is 14.7. The molecule has 0 saturated carbocycles. The lowest BCUT2D eigenvalue weighted by Crippen LogP contribution is -2.39. The maximum absolute atomic E-state index is 12.1. The molecule has 3 rings (SSSR count). The lowest BCUT2D eigenvalue weighted by molar-refractivity contribution is 0.0398. The third-order valence-corrected chi connectivity index (χ3v) is 4.59. The number of carbonyl (C=O) groups is 1. The van der Waals surface area contributed by atoms with E-state index < -0.39 is 0 Å². The second-order valence-corrected chi connectivity index (χ2v) is 6.74. The number of aromatic nitrogens is 2. The number of hydrogen-bond acceptors (Lipinski definition) is 6. The maximum atomic E-state index is 12.1. The molecule has 7 nitrogen and oxygen atoms in total. The van der Waals surface area contributed by atoms with Crippen molar-refractivity contribution in [3.8, 4) is 0 Å². The molecule has 2 heterocycles. The molecule has 0 aliphatic carbocycles. The molecule has 2 N–H and O–H groups in total. The Kier molecular flexibility index (Phi) is 7.38. The predicted octanol–water partition coefficient (Wildman–Crippen LogP) is 1.85. The van der Waals surface area contributed by atoms with Crippen LogP contribution >= 0.6 is 11.6 Å². The number of ether oxygens (including phenoxy) is 1. The van der Waals surface area contributed by atoms with Gasteiger partial charge in [0.1, 0.15) is 11.5 Å². The smallest absolute Gasteiger partial charge is 0.271 e. The van der Waals surface area contributed by atoms with E-state index in [0.717, 1.165) is 51.4 Å². The molecule has 1 amide bonds. The van der Waals surface area contributed by atoms with E-state index in [0.29, 0.717) is 23.1 Å². The van der Waals surface area contributed by atoms with Gasteiger partial charge in [-0.25, -0.2) is 9.97 Å². The Morgan fingerprint density at radius 1 is 1.11 bits per heavy atom. The number of morpholine rings is 1. The van der Waals surface area contributed by atoms with Crippen LogP contribution in [0.15, 0.2) is 36.7 Å². The highest BCUT2D eigenvalue weighted by Gasteiger charge is 2.10. The molecule has 0 atom stereocenters. The van der Waals surface area contributed by atoms with E-state index in [1.807, 2.05) is 24.3 Å². The molecule has 144 valence electrons. The molecule has 1 aliphatic heterocycles. The minimum atomic E-state index is -0.226. The molecule has 1 aromatic carbocycles. The number of rotatable bonds is 8. The topological polar surface area (TPSA) is 79.4 Å². The van der Waals surface area contributed by atoms with Crippen molar-refractivity contribution in [3.05, 3.63) is 52.9 Å². The summed E-state index contributed by atoms with van der Waals surface area (Å²) in [5.74, 6) is 0.442. The van der Waals surface area contributed by atoms with E-state index in [9.17, 15) is 4.79 Å². The molecular weight excluding hydrogens is 366 g/mol. The number of halogens is 1.